The average Bonchev–Trinajstić information content (AvgIpc) is 3.54. The zero-order chi connectivity index (χ0) is 18.2. The third-order valence-electron chi connectivity index (χ3n) is 10.6. The topological polar surface area (TPSA) is 43.4 Å². The zero-order valence-corrected chi connectivity index (χ0v) is 16.3. The van der Waals surface area contributed by atoms with Gasteiger partial charge >= 0.3 is 5.97 Å². The second-order valence-corrected chi connectivity index (χ2v) is 11.4. The lowest BCUT2D eigenvalue weighted by Crippen LogP contribution is -2.56. The average molecular weight is 367 g/mol. The van der Waals surface area contributed by atoms with Crippen LogP contribution in [-0.2, 0) is 14.3 Å². The molecule has 3 nitrogen and oxygen atoms in total. The second-order valence-electron chi connectivity index (χ2n) is 11.4. The number of carbonyl (C=O) groups is 2. The lowest BCUT2D eigenvalue weighted by atomic mass is 9.47. The summed E-state index contributed by atoms with van der Waals surface area (Å²) in [4.78, 5) is 24.3. The Morgan fingerprint density at radius 3 is 2.59 bits per heavy atom. The van der Waals surface area contributed by atoms with Gasteiger partial charge in [-0.1, -0.05) is 12.5 Å². The summed E-state index contributed by atoms with van der Waals surface area (Å²) in [5.74, 6) is 4.90. The number of rotatable bonds is 0. The molecule has 1 saturated heterocycles. The van der Waals surface area contributed by atoms with E-state index in [-0.39, 0.29) is 17.0 Å². The Labute approximate surface area is 161 Å². The van der Waals surface area contributed by atoms with Gasteiger partial charge in [-0.15, -0.1) is 0 Å². The van der Waals surface area contributed by atoms with E-state index in [4.69, 9.17) is 4.74 Å². The van der Waals surface area contributed by atoms with Crippen molar-refractivity contribution in [3.05, 3.63) is 11.6 Å². The largest absolute Gasteiger partial charge is 0.458 e. The highest BCUT2D eigenvalue weighted by molar-refractivity contribution is 5.91. The molecule has 0 bridgehead atoms. The van der Waals surface area contributed by atoms with Gasteiger partial charge < -0.3 is 4.74 Å². The molecule has 1 heterocycles. The van der Waals surface area contributed by atoms with Gasteiger partial charge in [-0.3, -0.25) is 9.59 Å². The van der Waals surface area contributed by atoms with Crippen LogP contribution in [0.25, 0.3) is 0 Å². The van der Waals surface area contributed by atoms with Crippen molar-refractivity contribution in [2.24, 2.45) is 46.3 Å². The van der Waals surface area contributed by atoms with Crippen LogP contribution in [0.2, 0.25) is 0 Å². The summed E-state index contributed by atoms with van der Waals surface area (Å²) in [6, 6.07) is 0. The summed E-state index contributed by atoms with van der Waals surface area (Å²) in [6.07, 6.45) is 13.3. The molecular formula is C24H30O3. The van der Waals surface area contributed by atoms with Gasteiger partial charge in [0, 0.05) is 24.2 Å². The molecule has 8 atom stereocenters. The molecular weight excluding hydrogens is 336 g/mol. The van der Waals surface area contributed by atoms with E-state index in [1.807, 2.05) is 0 Å². The van der Waals surface area contributed by atoms with Gasteiger partial charge in [0.25, 0.3) is 0 Å². The molecule has 5 saturated carbocycles. The second kappa shape index (κ2) is 4.54. The van der Waals surface area contributed by atoms with Crippen molar-refractivity contribution in [2.45, 2.75) is 76.7 Å². The third kappa shape index (κ3) is 1.69. The summed E-state index contributed by atoms with van der Waals surface area (Å²) in [5, 5.41) is 0. The van der Waals surface area contributed by atoms with Crippen molar-refractivity contribution in [1.82, 2.24) is 0 Å². The van der Waals surface area contributed by atoms with E-state index in [9.17, 15) is 9.59 Å². The van der Waals surface area contributed by atoms with Gasteiger partial charge in [-0.2, -0.15) is 0 Å². The smallest absolute Gasteiger partial charge is 0.306 e. The fourth-order valence-corrected chi connectivity index (χ4v) is 9.48. The molecule has 0 aromatic carbocycles. The lowest BCUT2D eigenvalue weighted by molar-refractivity contribution is -0.175. The van der Waals surface area contributed by atoms with E-state index in [0.717, 1.165) is 42.9 Å². The Morgan fingerprint density at radius 1 is 1.00 bits per heavy atom. The molecule has 7 aliphatic rings. The Morgan fingerprint density at radius 2 is 1.85 bits per heavy atom. The first-order chi connectivity index (χ1) is 13.0. The Balaban J connectivity index is 1.31. The normalized spacial score (nSPS) is 56.1. The summed E-state index contributed by atoms with van der Waals surface area (Å²) in [6.45, 7) is 2.49. The molecule has 6 aliphatic carbocycles. The Kier molecular flexibility index (Phi) is 2.65. The van der Waals surface area contributed by atoms with Crippen LogP contribution >= 0.6 is 0 Å². The lowest BCUT2D eigenvalue weighted by Gasteiger charge is -2.58. The maximum Gasteiger partial charge on any atom is 0.306 e. The molecule has 0 aromatic heterocycles. The van der Waals surface area contributed by atoms with E-state index in [0.29, 0.717) is 29.5 Å². The van der Waals surface area contributed by atoms with E-state index in [1.165, 1.54) is 38.5 Å². The number of ketones is 1. The SMILES string of the molecule is C[C@]12CCC3C4CCC(=O)C=C4C4(CC4)CC3C1C1C[C@H]1C21CCC(=O)O1. The van der Waals surface area contributed by atoms with Crippen LogP contribution in [0.4, 0.5) is 0 Å². The van der Waals surface area contributed by atoms with Crippen molar-refractivity contribution in [3.8, 4) is 0 Å². The standard InChI is InChI=1S/C24H30O3/c1-22-6-4-14-15-3-2-13(25)10-18(15)23(8-9-23)12-17(14)21(22)16-11-19(16)24(22)7-5-20(26)27-24/h10,14-17,19,21H,2-9,11-12H2,1H3/t14?,15?,16?,17?,19-,21?,22+,24?/m1/s1. The Hall–Kier alpha value is -1.12. The van der Waals surface area contributed by atoms with Gasteiger partial charge in [0.05, 0.1) is 0 Å². The summed E-state index contributed by atoms with van der Waals surface area (Å²) < 4.78 is 6.21. The van der Waals surface area contributed by atoms with E-state index in [1.54, 1.807) is 5.57 Å². The quantitative estimate of drug-likeness (QED) is 0.595. The monoisotopic (exact) mass is 366 g/mol. The van der Waals surface area contributed by atoms with Crippen molar-refractivity contribution < 1.29 is 14.3 Å². The first-order valence-electron chi connectivity index (χ1n) is 11.4. The fourth-order valence-electron chi connectivity index (χ4n) is 9.48. The maximum absolute atomic E-state index is 12.2. The van der Waals surface area contributed by atoms with Crippen LogP contribution in [0.15, 0.2) is 11.6 Å². The predicted molar refractivity (Wildman–Crippen MR) is 99.6 cm³/mol. The molecule has 0 amide bonds. The number of hydrogen-bond donors (Lipinski definition) is 0. The molecule has 0 aromatic rings. The van der Waals surface area contributed by atoms with E-state index >= 15 is 0 Å². The third-order valence-corrected chi connectivity index (χ3v) is 10.6. The summed E-state index contributed by atoms with van der Waals surface area (Å²) >= 11 is 0. The van der Waals surface area contributed by atoms with Gasteiger partial charge in [-0.25, -0.2) is 0 Å². The minimum Gasteiger partial charge on any atom is -0.458 e. The van der Waals surface area contributed by atoms with Crippen LogP contribution in [0.1, 0.15) is 71.1 Å². The van der Waals surface area contributed by atoms with Crippen molar-refractivity contribution in [3.63, 3.8) is 0 Å². The molecule has 6 fully saturated rings. The van der Waals surface area contributed by atoms with Gasteiger partial charge in [-0.05, 0) is 92.4 Å². The molecule has 6 unspecified atom stereocenters. The van der Waals surface area contributed by atoms with Crippen LogP contribution < -0.4 is 0 Å². The molecule has 0 N–H and O–H groups in total. The van der Waals surface area contributed by atoms with Crippen molar-refractivity contribution >= 4 is 11.8 Å². The highest BCUT2D eigenvalue weighted by Crippen LogP contribution is 2.80. The summed E-state index contributed by atoms with van der Waals surface area (Å²) in [7, 11) is 0. The zero-order valence-electron chi connectivity index (χ0n) is 16.3. The van der Waals surface area contributed by atoms with Crippen LogP contribution in [0.5, 0.6) is 0 Å². The number of fused-ring (bicyclic) bond motifs is 10. The molecule has 3 heteroatoms. The van der Waals surface area contributed by atoms with Crippen molar-refractivity contribution in [2.75, 3.05) is 0 Å². The van der Waals surface area contributed by atoms with Gasteiger partial charge in [0.2, 0.25) is 0 Å². The first-order valence-corrected chi connectivity index (χ1v) is 11.4. The molecule has 1 aliphatic heterocycles. The maximum atomic E-state index is 12.2. The van der Waals surface area contributed by atoms with Crippen molar-refractivity contribution in [1.29, 1.82) is 0 Å². The predicted octanol–water partition coefficient (Wildman–Crippen LogP) is 4.45. The van der Waals surface area contributed by atoms with Crippen LogP contribution in [0, 0.1) is 46.3 Å². The van der Waals surface area contributed by atoms with E-state index in [2.05, 4.69) is 13.0 Å². The number of esters is 1. The fraction of sp³-hybridized carbons (Fsp3) is 0.833. The molecule has 7 rings (SSSR count). The minimum atomic E-state index is -0.125. The molecule has 2 spiro atoms. The van der Waals surface area contributed by atoms with Gasteiger partial charge in [0.15, 0.2) is 5.78 Å². The highest BCUT2D eigenvalue weighted by Gasteiger charge is 2.79. The first kappa shape index (κ1) is 15.8. The molecule has 27 heavy (non-hydrogen) atoms. The van der Waals surface area contributed by atoms with Crippen LogP contribution in [-0.4, -0.2) is 17.4 Å². The number of allylic oxidation sites excluding steroid dienone is 1. The highest BCUT2D eigenvalue weighted by atomic mass is 16.6. The van der Waals surface area contributed by atoms with E-state index < -0.39 is 0 Å². The number of carbonyl (C=O) groups excluding carboxylic acids is 2. The number of ether oxygens (including phenoxy) is 1. The Bertz CT molecular complexity index is 806. The molecule has 144 valence electrons. The van der Waals surface area contributed by atoms with Crippen LogP contribution in [0.3, 0.4) is 0 Å². The van der Waals surface area contributed by atoms with Gasteiger partial charge in [0.1, 0.15) is 5.60 Å². The number of hydrogen-bond acceptors (Lipinski definition) is 3. The minimum absolute atomic E-state index is 0.0583. The molecule has 0 radical (unpaired) electrons. The summed E-state index contributed by atoms with van der Waals surface area (Å²) in [5.41, 5.74) is 2.03.